The highest BCUT2D eigenvalue weighted by atomic mass is 35.5. The molecule has 1 aromatic carbocycles. The Kier molecular flexibility index (Phi) is 5.01. The lowest BCUT2D eigenvalue weighted by molar-refractivity contribution is -0.123. The van der Waals surface area contributed by atoms with Gasteiger partial charge >= 0.3 is 0 Å². The number of ether oxygens (including phenoxy) is 2. The largest absolute Gasteiger partial charge is 0.374 e. The van der Waals surface area contributed by atoms with Gasteiger partial charge in [0.25, 0.3) is 0 Å². The van der Waals surface area contributed by atoms with Gasteiger partial charge in [0.1, 0.15) is 0 Å². The second kappa shape index (κ2) is 6.23. The van der Waals surface area contributed by atoms with Crippen molar-refractivity contribution >= 4 is 23.2 Å². The van der Waals surface area contributed by atoms with Gasteiger partial charge in [-0.15, -0.1) is 0 Å². The molecule has 1 aliphatic rings. The molecule has 0 bridgehead atoms. The van der Waals surface area contributed by atoms with Gasteiger partial charge in [-0.1, -0.05) is 36.2 Å². The van der Waals surface area contributed by atoms with Crippen LogP contribution in [0.2, 0.25) is 10.0 Å². The summed E-state index contributed by atoms with van der Waals surface area (Å²) in [5.74, 6) is 0. The molecule has 1 aromatic rings. The van der Waals surface area contributed by atoms with Crippen LogP contribution in [-0.4, -0.2) is 17.8 Å². The first-order valence-corrected chi connectivity index (χ1v) is 7.84. The van der Waals surface area contributed by atoms with Crippen LogP contribution in [0.25, 0.3) is 0 Å². The molecule has 1 aliphatic heterocycles. The van der Waals surface area contributed by atoms with Gasteiger partial charge in [-0.2, -0.15) is 0 Å². The van der Waals surface area contributed by atoms with Crippen LogP contribution in [0.15, 0.2) is 18.2 Å². The molecule has 0 saturated carbocycles. The van der Waals surface area contributed by atoms with Gasteiger partial charge in [0.05, 0.1) is 24.4 Å². The normalized spacial score (nSPS) is 29.9. The zero-order valence-electron chi connectivity index (χ0n) is 12.3. The van der Waals surface area contributed by atoms with Gasteiger partial charge in [0.2, 0.25) is 0 Å². The summed E-state index contributed by atoms with van der Waals surface area (Å²) in [5.41, 5.74) is 0.620. The molecule has 0 spiro atoms. The monoisotopic (exact) mass is 316 g/mol. The van der Waals surface area contributed by atoms with E-state index in [9.17, 15) is 0 Å². The average molecular weight is 317 g/mol. The van der Waals surface area contributed by atoms with Gasteiger partial charge in [0.15, 0.2) is 0 Å². The summed E-state index contributed by atoms with van der Waals surface area (Å²) in [6, 6.07) is 5.49. The van der Waals surface area contributed by atoms with Crippen molar-refractivity contribution in [3.05, 3.63) is 33.8 Å². The van der Waals surface area contributed by atoms with E-state index >= 15 is 0 Å². The third-order valence-corrected chi connectivity index (χ3v) is 4.85. The molecule has 0 amide bonds. The van der Waals surface area contributed by atoms with E-state index in [-0.39, 0.29) is 11.2 Å². The maximum absolute atomic E-state index is 6.19. The van der Waals surface area contributed by atoms with Gasteiger partial charge < -0.3 is 9.47 Å². The van der Waals surface area contributed by atoms with Crippen LogP contribution < -0.4 is 0 Å². The molecular formula is C16H22Cl2O2. The summed E-state index contributed by atoms with van der Waals surface area (Å²) in [6.45, 7) is 7.42. The fourth-order valence-corrected chi connectivity index (χ4v) is 3.12. The third kappa shape index (κ3) is 3.67. The zero-order valence-corrected chi connectivity index (χ0v) is 13.9. The lowest BCUT2D eigenvalue weighted by atomic mass is 9.97. The minimum atomic E-state index is -0.210. The van der Waals surface area contributed by atoms with Crippen LogP contribution in [0, 0.1) is 0 Å². The molecule has 1 heterocycles. The van der Waals surface area contributed by atoms with Crippen molar-refractivity contribution in [3.63, 3.8) is 0 Å². The molecule has 2 rings (SSSR count). The highest BCUT2D eigenvalue weighted by Crippen LogP contribution is 2.39. The summed E-state index contributed by atoms with van der Waals surface area (Å²) in [7, 11) is 0. The quantitative estimate of drug-likeness (QED) is 0.738. The number of hydrogen-bond donors (Lipinski definition) is 0. The zero-order chi connectivity index (χ0) is 14.8. The first kappa shape index (κ1) is 16.1. The molecule has 2 atom stereocenters. The highest BCUT2D eigenvalue weighted by Gasteiger charge is 2.42. The van der Waals surface area contributed by atoms with Crippen molar-refractivity contribution in [1.82, 2.24) is 0 Å². The Labute approximate surface area is 131 Å². The van der Waals surface area contributed by atoms with Gasteiger partial charge in [0, 0.05) is 15.6 Å². The second-order valence-corrected chi connectivity index (χ2v) is 6.86. The fraction of sp³-hybridized carbons (Fsp3) is 0.625. The minimum absolute atomic E-state index is 0.0137. The standard InChI is InChI=1S/C16H22Cl2O2/c1-4-15(2)8-9-16(3,20-15)11-19-10-12-13(17)6-5-7-14(12)18/h5-7H,4,8-11H2,1-3H3. The summed E-state index contributed by atoms with van der Waals surface area (Å²) >= 11 is 12.3. The summed E-state index contributed by atoms with van der Waals surface area (Å²) < 4.78 is 12.0. The van der Waals surface area contributed by atoms with E-state index in [0.29, 0.717) is 23.3 Å². The fourth-order valence-electron chi connectivity index (χ4n) is 2.62. The summed E-state index contributed by atoms with van der Waals surface area (Å²) in [6.07, 6.45) is 3.13. The molecule has 0 aliphatic carbocycles. The van der Waals surface area contributed by atoms with E-state index in [2.05, 4.69) is 20.8 Å². The first-order chi connectivity index (χ1) is 9.37. The first-order valence-electron chi connectivity index (χ1n) is 7.08. The number of hydrogen-bond acceptors (Lipinski definition) is 2. The highest BCUT2D eigenvalue weighted by molar-refractivity contribution is 6.35. The molecule has 0 aromatic heterocycles. The molecule has 0 N–H and O–H groups in total. The molecule has 4 heteroatoms. The molecule has 2 unspecified atom stereocenters. The average Bonchev–Trinajstić information content (AvgIpc) is 2.71. The minimum Gasteiger partial charge on any atom is -0.374 e. The molecule has 2 nitrogen and oxygen atoms in total. The van der Waals surface area contributed by atoms with Crippen molar-refractivity contribution in [2.75, 3.05) is 6.61 Å². The Morgan fingerprint density at radius 3 is 2.30 bits per heavy atom. The number of halogens is 2. The lowest BCUT2D eigenvalue weighted by Crippen LogP contribution is -2.34. The van der Waals surface area contributed by atoms with E-state index in [1.54, 1.807) is 0 Å². The Morgan fingerprint density at radius 2 is 1.75 bits per heavy atom. The number of rotatable bonds is 5. The third-order valence-electron chi connectivity index (χ3n) is 4.14. The molecular weight excluding hydrogens is 295 g/mol. The summed E-state index contributed by atoms with van der Waals surface area (Å²) in [5, 5.41) is 1.29. The van der Waals surface area contributed by atoms with E-state index in [4.69, 9.17) is 32.7 Å². The Morgan fingerprint density at radius 1 is 1.15 bits per heavy atom. The van der Waals surface area contributed by atoms with Crippen molar-refractivity contribution in [2.24, 2.45) is 0 Å². The molecule has 20 heavy (non-hydrogen) atoms. The predicted molar refractivity (Wildman–Crippen MR) is 83.5 cm³/mol. The van der Waals surface area contributed by atoms with Crippen LogP contribution in [-0.2, 0) is 16.1 Å². The maximum atomic E-state index is 6.19. The van der Waals surface area contributed by atoms with Crippen LogP contribution >= 0.6 is 23.2 Å². The topological polar surface area (TPSA) is 18.5 Å². The Balaban J connectivity index is 1.91. The molecule has 112 valence electrons. The van der Waals surface area contributed by atoms with Gasteiger partial charge in [-0.3, -0.25) is 0 Å². The van der Waals surface area contributed by atoms with E-state index in [1.807, 2.05) is 18.2 Å². The molecule has 0 radical (unpaired) electrons. The van der Waals surface area contributed by atoms with Crippen LogP contribution in [0.3, 0.4) is 0 Å². The van der Waals surface area contributed by atoms with Crippen molar-refractivity contribution < 1.29 is 9.47 Å². The van der Waals surface area contributed by atoms with Crippen molar-refractivity contribution in [2.45, 2.75) is 57.8 Å². The Hall–Kier alpha value is -0.280. The lowest BCUT2D eigenvalue weighted by Gasteiger charge is -2.29. The maximum Gasteiger partial charge on any atom is 0.0895 e. The smallest absolute Gasteiger partial charge is 0.0895 e. The van der Waals surface area contributed by atoms with Gasteiger partial charge in [-0.05, 0) is 45.2 Å². The predicted octanol–water partition coefficient (Wildman–Crippen LogP) is 5.25. The Bertz CT molecular complexity index is 457. The second-order valence-electron chi connectivity index (χ2n) is 6.05. The van der Waals surface area contributed by atoms with E-state index < -0.39 is 0 Å². The van der Waals surface area contributed by atoms with Crippen LogP contribution in [0.5, 0.6) is 0 Å². The SMILES string of the molecule is CCC1(C)CCC(C)(COCc2c(Cl)cccc2Cl)O1. The van der Waals surface area contributed by atoms with E-state index in [1.165, 1.54) is 0 Å². The van der Waals surface area contributed by atoms with Gasteiger partial charge in [-0.25, -0.2) is 0 Å². The van der Waals surface area contributed by atoms with E-state index in [0.717, 1.165) is 24.8 Å². The van der Waals surface area contributed by atoms with Crippen molar-refractivity contribution in [1.29, 1.82) is 0 Å². The van der Waals surface area contributed by atoms with Crippen LogP contribution in [0.1, 0.15) is 45.6 Å². The van der Waals surface area contributed by atoms with Crippen LogP contribution in [0.4, 0.5) is 0 Å². The molecule has 1 fully saturated rings. The van der Waals surface area contributed by atoms with Crippen molar-refractivity contribution in [3.8, 4) is 0 Å². The summed E-state index contributed by atoms with van der Waals surface area (Å²) in [4.78, 5) is 0. The number of benzene rings is 1. The molecule has 1 saturated heterocycles.